The molecule has 0 aromatic carbocycles. The fourth-order valence-corrected chi connectivity index (χ4v) is 1.62. The van der Waals surface area contributed by atoms with Crippen molar-refractivity contribution in [3.8, 4) is 17.1 Å². The highest BCUT2D eigenvalue weighted by atomic mass is 16.3. The highest BCUT2D eigenvalue weighted by Gasteiger charge is 2.12. The van der Waals surface area contributed by atoms with Crippen LogP contribution in [0.5, 0.6) is 5.75 Å². The maximum absolute atomic E-state index is 9.71. The van der Waals surface area contributed by atoms with E-state index in [1.807, 2.05) is 12.1 Å². The van der Waals surface area contributed by atoms with Crippen molar-refractivity contribution < 1.29 is 5.11 Å². The Bertz CT molecular complexity index is 647. The summed E-state index contributed by atoms with van der Waals surface area (Å²) in [6.07, 6.45) is 3.29. The zero-order valence-corrected chi connectivity index (χ0v) is 8.25. The van der Waals surface area contributed by atoms with Gasteiger partial charge in [0.05, 0.1) is 5.69 Å². The van der Waals surface area contributed by atoms with Gasteiger partial charge in [-0.15, -0.1) is 0 Å². The number of nitrogens with one attached hydrogen (secondary N) is 1. The number of aromatic hydroxyl groups is 1. The Morgan fingerprint density at radius 2 is 1.88 bits per heavy atom. The minimum absolute atomic E-state index is 0.122. The molecule has 0 amide bonds. The fraction of sp³-hybridized carbons (Fsp3) is 0. The molecule has 0 saturated heterocycles. The standard InChI is InChI=1S/C11H8N4O/c16-8-4-2-5-12-10(8)9-7-3-1-6-13-11(7)15-14-9/h1-6,16H,(H,13,14,15). The SMILES string of the molecule is Oc1cccnc1-c1[nH]nc2ncccc12. The van der Waals surface area contributed by atoms with E-state index in [9.17, 15) is 5.11 Å². The lowest BCUT2D eigenvalue weighted by Crippen LogP contribution is -1.84. The third kappa shape index (κ3) is 1.22. The van der Waals surface area contributed by atoms with Crippen LogP contribution in [0.2, 0.25) is 0 Å². The number of nitrogens with zero attached hydrogens (tertiary/aromatic N) is 3. The Kier molecular flexibility index (Phi) is 1.83. The second-order valence-corrected chi connectivity index (χ2v) is 3.34. The van der Waals surface area contributed by atoms with Crippen LogP contribution in [0.1, 0.15) is 0 Å². The number of aromatic amines is 1. The normalized spacial score (nSPS) is 10.8. The van der Waals surface area contributed by atoms with Crippen molar-refractivity contribution in [2.45, 2.75) is 0 Å². The van der Waals surface area contributed by atoms with E-state index in [0.717, 1.165) is 5.39 Å². The second kappa shape index (κ2) is 3.30. The molecule has 0 atom stereocenters. The minimum atomic E-state index is 0.122. The maximum Gasteiger partial charge on any atom is 0.181 e. The smallest absolute Gasteiger partial charge is 0.181 e. The number of hydrogen-bond donors (Lipinski definition) is 2. The molecule has 3 aromatic heterocycles. The first-order valence-electron chi connectivity index (χ1n) is 4.80. The van der Waals surface area contributed by atoms with Crippen molar-refractivity contribution in [2.24, 2.45) is 0 Å². The van der Waals surface area contributed by atoms with E-state index in [0.29, 0.717) is 17.0 Å². The molecule has 0 fully saturated rings. The molecule has 5 nitrogen and oxygen atoms in total. The van der Waals surface area contributed by atoms with E-state index in [1.54, 1.807) is 24.5 Å². The maximum atomic E-state index is 9.71. The molecular weight excluding hydrogens is 204 g/mol. The molecule has 3 heterocycles. The van der Waals surface area contributed by atoms with E-state index in [-0.39, 0.29) is 5.75 Å². The quantitative estimate of drug-likeness (QED) is 0.644. The molecule has 0 aliphatic carbocycles. The largest absolute Gasteiger partial charge is 0.506 e. The molecule has 0 aliphatic rings. The summed E-state index contributed by atoms with van der Waals surface area (Å²) in [5.41, 5.74) is 1.78. The Balaban J connectivity index is 2.31. The van der Waals surface area contributed by atoms with Gasteiger partial charge in [0, 0.05) is 17.8 Å². The Morgan fingerprint density at radius 1 is 1.06 bits per heavy atom. The van der Waals surface area contributed by atoms with E-state index in [4.69, 9.17) is 0 Å². The van der Waals surface area contributed by atoms with Crippen LogP contribution in [0.25, 0.3) is 22.4 Å². The van der Waals surface area contributed by atoms with Crippen LogP contribution in [0.4, 0.5) is 0 Å². The number of H-pyrrole nitrogens is 1. The zero-order chi connectivity index (χ0) is 11.0. The fourth-order valence-electron chi connectivity index (χ4n) is 1.62. The summed E-state index contributed by atoms with van der Waals surface area (Å²) in [6.45, 7) is 0. The first-order chi connectivity index (χ1) is 7.86. The number of rotatable bonds is 1. The molecule has 2 N–H and O–H groups in total. The molecule has 3 rings (SSSR count). The van der Waals surface area contributed by atoms with Crippen LogP contribution in [0, 0.1) is 0 Å². The highest BCUT2D eigenvalue weighted by molar-refractivity contribution is 5.90. The molecule has 3 aromatic rings. The Morgan fingerprint density at radius 3 is 2.75 bits per heavy atom. The highest BCUT2D eigenvalue weighted by Crippen LogP contribution is 2.29. The van der Waals surface area contributed by atoms with Gasteiger partial charge in [-0.25, -0.2) is 4.98 Å². The van der Waals surface area contributed by atoms with Gasteiger partial charge in [0.25, 0.3) is 0 Å². The van der Waals surface area contributed by atoms with Gasteiger partial charge < -0.3 is 5.11 Å². The molecule has 0 aliphatic heterocycles. The summed E-state index contributed by atoms with van der Waals surface area (Å²) < 4.78 is 0. The average Bonchev–Trinajstić information content (AvgIpc) is 2.74. The van der Waals surface area contributed by atoms with Crippen LogP contribution in [0.15, 0.2) is 36.7 Å². The summed E-state index contributed by atoms with van der Waals surface area (Å²) in [5.74, 6) is 0.122. The van der Waals surface area contributed by atoms with Gasteiger partial charge in [-0.2, -0.15) is 5.10 Å². The molecule has 78 valence electrons. The first-order valence-corrected chi connectivity index (χ1v) is 4.80. The van der Waals surface area contributed by atoms with Crippen molar-refractivity contribution in [1.82, 2.24) is 20.2 Å². The van der Waals surface area contributed by atoms with Crippen molar-refractivity contribution >= 4 is 11.0 Å². The molecule has 0 unspecified atom stereocenters. The van der Waals surface area contributed by atoms with Gasteiger partial charge in [0.1, 0.15) is 11.4 Å². The van der Waals surface area contributed by atoms with Crippen LogP contribution >= 0.6 is 0 Å². The molecule has 0 bridgehead atoms. The van der Waals surface area contributed by atoms with Crippen LogP contribution in [-0.2, 0) is 0 Å². The third-order valence-electron chi connectivity index (χ3n) is 2.35. The zero-order valence-electron chi connectivity index (χ0n) is 8.25. The van der Waals surface area contributed by atoms with Crippen LogP contribution in [0.3, 0.4) is 0 Å². The van der Waals surface area contributed by atoms with Gasteiger partial charge in [-0.3, -0.25) is 10.1 Å². The third-order valence-corrected chi connectivity index (χ3v) is 2.35. The number of pyridine rings is 2. The molecule has 16 heavy (non-hydrogen) atoms. The topological polar surface area (TPSA) is 74.7 Å². The van der Waals surface area contributed by atoms with Gasteiger partial charge in [-0.05, 0) is 24.3 Å². The first kappa shape index (κ1) is 8.84. The molecule has 0 saturated carbocycles. The summed E-state index contributed by atoms with van der Waals surface area (Å²) >= 11 is 0. The number of hydrogen-bond acceptors (Lipinski definition) is 4. The Labute approximate surface area is 90.8 Å². The second-order valence-electron chi connectivity index (χ2n) is 3.34. The van der Waals surface area contributed by atoms with Gasteiger partial charge in [0.2, 0.25) is 0 Å². The molecule has 5 heteroatoms. The average molecular weight is 212 g/mol. The molecule has 0 radical (unpaired) electrons. The molecular formula is C11H8N4O. The Hall–Kier alpha value is -2.43. The van der Waals surface area contributed by atoms with Crippen molar-refractivity contribution in [2.75, 3.05) is 0 Å². The molecule has 0 spiro atoms. The van der Waals surface area contributed by atoms with Crippen LogP contribution < -0.4 is 0 Å². The van der Waals surface area contributed by atoms with E-state index in [2.05, 4.69) is 20.2 Å². The van der Waals surface area contributed by atoms with E-state index >= 15 is 0 Å². The lowest BCUT2D eigenvalue weighted by molar-refractivity contribution is 0.475. The van der Waals surface area contributed by atoms with Crippen molar-refractivity contribution in [1.29, 1.82) is 0 Å². The number of fused-ring (bicyclic) bond motifs is 1. The van der Waals surface area contributed by atoms with Crippen molar-refractivity contribution in [3.63, 3.8) is 0 Å². The monoisotopic (exact) mass is 212 g/mol. The van der Waals surface area contributed by atoms with Crippen molar-refractivity contribution in [3.05, 3.63) is 36.7 Å². The lowest BCUT2D eigenvalue weighted by Gasteiger charge is -1.99. The lowest BCUT2D eigenvalue weighted by atomic mass is 10.2. The predicted octanol–water partition coefficient (Wildman–Crippen LogP) is 1.73. The van der Waals surface area contributed by atoms with E-state index in [1.165, 1.54) is 0 Å². The van der Waals surface area contributed by atoms with E-state index < -0.39 is 0 Å². The summed E-state index contributed by atoms with van der Waals surface area (Å²) in [6, 6.07) is 6.97. The van der Waals surface area contributed by atoms with Crippen LogP contribution in [-0.4, -0.2) is 25.3 Å². The summed E-state index contributed by atoms with van der Waals surface area (Å²) in [5, 5.41) is 17.4. The number of aromatic nitrogens is 4. The van der Waals surface area contributed by atoms with Gasteiger partial charge in [-0.1, -0.05) is 0 Å². The summed E-state index contributed by atoms with van der Waals surface area (Å²) in [7, 11) is 0. The predicted molar refractivity (Wildman–Crippen MR) is 58.8 cm³/mol. The van der Waals surface area contributed by atoms with Gasteiger partial charge >= 0.3 is 0 Å². The van der Waals surface area contributed by atoms with Gasteiger partial charge in [0.15, 0.2) is 5.65 Å². The minimum Gasteiger partial charge on any atom is -0.506 e. The summed E-state index contributed by atoms with van der Waals surface area (Å²) in [4.78, 5) is 8.23.